The molecule has 0 saturated carbocycles. The molecule has 0 fully saturated rings. The normalized spacial score (nSPS) is 13.0. The van der Waals surface area contributed by atoms with E-state index < -0.39 is 11.9 Å². The van der Waals surface area contributed by atoms with E-state index in [-0.39, 0.29) is 25.5 Å². The van der Waals surface area contributed by atoms with Gasteiger partial charge in [-0.3, -0.25) is 19.3 Å². The van der Waals surface area contributed by atoms with Crippen molar-refractivity contribution in [3.05, 3.63) is 64.8 Å². The number of rotatable bonds is 6. The van der Waals surface area contributed by atoms with Crippen LogP contribution in [0.1, 0.15) is 18.9 Å². The number of hydrogen-bond donors (Lipinski definition) is 2. The lowest BCUT2D eigenvalue weighted by molar-refractivity contribution is -0.142. The van der Waals surface area contributed by atoms with Gasteiger partial charge in [-0.05, 0) is 43.7 Å². The largest absolute Gasteiger partial charge is 0.466 e. The molecule has 2 aromatic carbocycles. The average molecular weight is 428 g/mol. The number of carbonyl (C=O) groups excluding carboxylic acids is 3. The van der Waals surface area contributed by atoms with Crippen LogP contribution in [0.25, 0.3) is 0 Å². The third-order valence-electron chi connectivity index (χ3n) is 4.45. The third-order valence-corrected chi connectivity index (χ3v) is 4.86. The maximum atomic E-state index is 12.9. The van der Waals surface area contributed by atoms with Gasteiger partial charge in [0.15, 0.2) is 0 Å². The molecule has 0 saturated heterocycles. The first-order valence-electron chi connectivity index (χ1n) is 9.47. The molecule has 0 aliphatic carbocycles. The Hall–Kier alpha value is -3.32. The number of anilines is 3. The summed E-state index contributed by atoms with van der Waals surface area (Å²) in [6.45, 7) is 3.64. The number of hydrogen-bond acceptors (Lipinski definition) is 5. The van der Waals surface area contributed by atoms with E-state index >= 15 is 0 Å². The van der Waals surface area contributed by atoms with Crippen LogP contribution in [0.5, 0.6) is 0 Å². The van der Waals surface area contributed by atoms with Gasteiger partial charge in [0.05, 0.1) is 24.4 Å². The SMILES string of the molecule is CCOC(=O)CC1=CC(=O)N(CC(=O)Nc2ccc(C)c(Cl)c2)c2ccccc2N1. The van der Waals surface area contributed by atoms with Crippen molar-refractivity contribution in [3.63, 3.8) is 0 Å². The predicted octanol–water partition coefficient (Wildman–Crippen LogP) is 3.88. The minimum atomic E-state index is -0.441. The first kappa shape index (κ1) is 21.4. The second-order valence-corrected chi connectivity index (χ2v) is 7.14. The predicted molar refractivity (Wildman–Crippen MR) is 117 cm³/mol. The lowest BCUT2D eigenvalue weighted by Gasteiger charge is -2.21. The molecule has 1 aliphatic heterocycles. The van der Waals surface area contributed by atoms with Crippen LogP contribution >= 0.6 is 11.6 Å². The summed E-state index contributed by atoms with van der Waals surface area (Å²) in [6.07, 6.45) is 1.24. The molecule has 30 heavy (non-hydrogen) atoms. The van der Waals surface area contributed by atoms with Gasteiger partial charge in [0.2, 0.25) is 5.91 Å². The molecule has 0 bridgehead atoms. The topological polar surface area (TPSA) is 87.7 Å². The highest BCUT2D eigenvalue weighted by Gasteiger charge is 2.25. The van der Waals surface area contributed by atoms with Gasteiger partial charge in [-0.15, -0.1) is 0 Å². The van der Waals surface area contributed by atoms with Gasteiger partial charge in [-0.25, -0.2) is 0 Å². The highest BCUT2D eigenvalue weighted by molar-refractivity contribution is 6.31. The average Bonchev–Trinajstić information content (AvgIpc) is 2.81. The highest BCUT2D eigenvalue weighted by atomic mass is 35.5. The van der Waals surface area contributed by atoms with Gasteiger partial charge < -0.3 is 15.4 Å². The van der Waals surface area contributed by atoms with E-state index in [1.54, 1.807) is 49.4 Å². The Labute approximate surface area is 179 Å². The van der Waals surface area contributed by atoms with Crippen molar-refractivity contribution in [2.75, 3.05) is 28.7 Å². The van der Waals surface area contributed by atoms with Gasteiger partial charge >= 0.3 is 5.97 Å². The highest BCUT2D eigenvalue weighted by Crippen LogP contribution is 2.30. The van der Waals surface area contributed by atoms with Crippen LogP contribution in [-0.2, 0) is 19.1 Å². The molecule has 3 rings (SSSR count). The zero-order chi connectivity index (χ0) is 21.7. The molecule has 2 amide bonds. The number of halogens is 1. The Balaban J connectivity index is 1.81. The maximum Gasteiger partial charge on any atom is 0.311 e. The zero-order valence-corrected chi connectivity index (χ0v) is 17.5. The number of ether oxygens (including phenoxy) is 1. The van der Waals surface area contributed by atoms with Crippen LogP contribution in [0, 0.1) is 6.92 Å². The van der Waals surface area contributed by atoms with Gasteiger partial charge in [0.25, 0.3) is 5.91 Å². The first-order chi connectivity index (χ1) is 14.4. The summed E-state index contributed by atoms with van der Waals surface area (Å²) >= 11 is 6.11. The van der Waals surface area contributed by atoms with E-state index in [2.05, 4.69) is 10.6 Å². The number of amides is 2. The smallest absolute Gasteiger partial charge is 0.311 e. The van der Waals surface area contributed by atoms with E-state index in [1.165, 1.54) is 11.0 Å². The van der Waals surface area contributed by atoms with Crippen LogP contribution in [0.2, 0.25) is 5.02 Å². The van der Waals surface area contributed by atoms with Crippen LogP contribution in [0.15, 0.2) is 54.2 Å². The first-order valence-corrected chi connectivity index (χ1v) is 9.85. The summed E-state index contributed by atoms with van der Waals surface area (Å²) in [7, 11) is 0. The molecule has 0 aromatic heterocycles. The number of carbonyl (C=O) groups is 3. The van der Waals surface area contributed by atoms with Crippen LogP contribution in [0.3, 0.4) is 0 Å². The molecule has 1 aliphatic rings. The maximum absolute atomic E-state index is 12.9. The Kier molecular flexibility index (Phi) is 6.74. The quantitative estimate of drug-likeness (QED) is 0.683. The molecule has 8 heteroatoms. The summed E-state index contributed by atoms with van der Waals surface area (Å²) in [4.78, 5) is 38.7. The molecular weight excluding hydrogens is 406 g/mol. The second kappa shape index (κ2) is 9.45. The summed E-state index contributed by atoms with van der Waals surface area (Å²) in [5.41, 5.74) is 3.00. The van der Waals surface area contributed by atoms with Crippen molar-refractivity contribution in [3.8, 4) is 0 Å². The van der Waals surface area contributed by atoms with Gasteiger partial charge in [0, 0.05) is 22.5 Å². The van der Waals surface area contributed by atoms with Crippen LogP contribution in [-0.4, -0.2) is 30.9 Å². The molecule has 0 radical (unpaired) electrons. The molecular formula is C22H22ClN3O4. The van der Waals surface area contributed by atoms with Gasteiger partial charge in [-0.1, -0.05) is 29.8 Å². The number of aryl methyl sites for hydroxylation is 1. The fourth-order valence-corrected chi connectivity index (χ4v) is 3.19. The lowest BCUT2D eigenvalue weighted by Crippen LogP contribution is -2.37. The summed E-state index contributed by atoms with van der Waals surface area (Å²) < 4.78 is 4.96. The Morgan fingerprint density at radius 2 is 1.97 bits per heavy atom. The molecule has 2 aromatic rings. The molecule has 0 atom stereocenters. The van der Waals surface area contributed by atoms with Crippen molar-refractivity contribution in [1.29, 1.82) is 0 Å². The Morgan fingerprint density at radius 1 is 1.20 bits per heavy atom. The van der Waals surface area contributed by atoms with Crippen molar-refractivity contribution in [2.45, 2.75) is 20.3 Å². The molecule has 2 N–H and O–H groups in total. The van der Waals surface area contributed by atoms with Crippen molar-refractivity contribution >= 4 is 46.4 Å². The van der Waals surface area contributed by atoms with E-state index in [0.717, 1.165) is 5.56 Å². The number of nitrogens with one attached hydrogen (secondary N) is 2. The fraction of sp³-hybridized carbons (Fsp3) is 0.227. The van der Waals surface area contributed by atoms with Crippen molar-refractivity contribution in [1.82, 2.24) is 0 Å². The molecule has 1 heterocycles. The molecule has 156 valence electrons. The monoisotopic (exact) mass is 427 g/mol. The molecule has 0 spiro atoms. The lowest BCUT2D eigenvalue weighted by atomic mass is 10.2. The van der Waals surface area contributed by atoms with Crippen LogP contribution < -0.4 is 15.5 Å². The minimum absolute atomic E-state index is 0.0736. The molecule has 0 unspecified atom stereocenters. The van der Waals surface area contributed by atoms with Crippen molar-refractivity contribution < 1.29 is 19.1 Å². The van der Waals surface area contributed by atoms with Crippen LogP contribution in [0.4, 0.5) is 17.1 Å². The van der Waals surface area contributed by atoms with E-state index in [9.17, 15) is 14.4 Å². The van der Waals surface area contributed by atoms with Gasteiger partial charge in [-0.2, -0.15) is 0 Å². The van der Waals surface area contributed by atoms with E-state index in [0.29, 0.717) is 27.8 Å². The van der Waals surface area contributed by atoms with E-state index in [1.807, 2.05) is 6.92 Å². The second-order valence-electron chi connectivity index (χ2n) is 6.73. The minimum Gasteiger partial charge on any atom is -0.466 e. The number of fused-ring (bicyclic) bond motifs is 1. The number of nitrogens with zero attached hydrogens (tertiary/aromatic N) is 1. The molecule has 7 nitrogen and oxygen atoms in total. The zero-order valence-electron chi connectivity index (χ0n) is 16.7. The van der Waals surface area contributed by atoms with Gasteiger partial charge in [0.1, 0.15) is 6.54 Å². The standard InChI is InChI=1S/C22H22ClN3O4/c1-3-30-22(29)12-16-11-21(28)26(19-7-5-4-6-18(19)24-16)13-20(27)25-15-9-8-14(2)17(23)10-15/h4-11,24H,3,12-13H2,1-2H3,(H,25,27). The Bertz CT molecular complexity index is 1020. The summed E-state index contributed by atoms with van der Waals surface area (Å²) in [5.74, 6) is -1.23. The summed E-state index contributed by atoms with van der Waals surface area (Å²) in [5, 5.41) is 6.39. The number of benzene rings is 2. The summed E-state index contributed by atoms with van der Waals surface area (Å²) in [6, 6.07) is 12.3. The van der Waals surface area contributed by atoms with E-state index in [4.69, 9.17) is 16.3 Å². The fourth-order valence-electron chi connectivity index (χ4n) is 3.01. The number of para-hydroxylation sites is 2. The number of esters is 1. The van der Waals surface area contributed by atoms with Crippen molar-refractivity contribution in [2.24, 2.45) is 0 Å². The Morgan fingerprint density at radius 3 is 2.70 bits per heavy atom. The third kappa shape index (κ3) is 5.18.